The van der Waals surface area contributed by atoms with Crippen LogP contribution in [0.25, 0.3) is 0 Å². The lowest BCUT2D eigenvalue weighted by molar-refractivity contribution is 0.0953. The molecule has 4 N–H and O–H groups in total. The van der Waals surface area contributed by atoms with E-state index in [1.807, 2.05) is 32.0 Å². The van der Waals surface area contributed by atoms with Gasteiger partial charge in [0.2, 0.25) is 0 Å². The smallest absolute Gasteiger partial charge is 0.300 e. The second-order valence-corrected chi connectivity index (χ2v) is 11.0. The molecule has 1 heterocycles. The Morgan fingerprint density at radius 3 is 2.49 bits per heavy atom. The van der Waals surface area contributed by atoms with E-state index in [0.717, 1.165) is 25.4 Å². The van der Waals surface area contributed by atoms with Gasteiger partial charge in [0.05, 0.1) is 16.9 Å². The average Bonchev–Trinajstić information content (AvgIpc) is 2.89. The van der Waals surface area contributed by atoms with E-state index < -0.39 is 62.9 Å². The van der Waals surface area contributed by atoms with Crippen LogP contribution in [0.1, 0.15) is 34.3 Å². The molecule has 0 fully saturated rings. The maximum Gasteiger partial charge on any atom is 0.300 e. The standard InChI is InChI=1S/C25H24F4IN5O3S/c1-3-4-5-9-33-25(36)17-12-15(11-14-8-10-32-24(21(14)28)35-39(37,38)31-2)20(27)22(29)23(17)34-19-7-6-16(30)13-18(19)26/h3,6-8,10,12-13,31,34H,1,4-5,9,11H2,2H3,(H,32,35)(H,33,36). The first kappa shape index (κ1) is 30.3. The van der Waals surface area contributed by atoms with Crippen molar-refractivity contribution in [3.8, 4) is 0 Å². The largest absolute Gasteiger partial charge is 0.352 e. The molecule has 0 atom stereocenters. The third kappa shape index (κ3) is 7.67. The number of carbonyl (C=O) groups is 1. The fourth-order valence-electron chi connectivity index (χ4n) is 3.45. The molecule has 3 aromatic rings. The molecule has 0 saturated carbocycles. The molecule has 0 saturated heterocycles. The van der Waals surface area contributed by atoms with Crippen molar-refractivity contribution in [1.82, 2.24) is 15.0 Å². The van der Waals surface area contributed by atoms with Crippen LogP contribution >= 0.6 is 22.6 Å². The highest BCUT2D eigenvalue weighted by Gasteiger charge is 2.25. The summed E-state index contributed by atoms with van der Waals surface area (Å²) in [5.41, 5.74) is -1.76. The number of rotatable bonds is 12. The van der Waals surface area contributed by atoms with Crippen LogP contribution in [-0.2, 0) is 16.6 Å². The minimum absolute atomic E-state index is 0.191. The number of carbonyl (C=O) groups excluding carboxylic acids is 1. The topological polar surface area (TPSA) is 112 Å². The number of hydrogen-bond donors (Lipinski definition) is 4. The first-order chi connectivity index (χ1) is 18.5. The van der Waals surface area contributed by atoms with E-state index >= 15 is 13.2 Å². The zero-order chi connectivity index (χ0) is 28.7. The van der Waals surface area contributed by atoms with Gasteiger partial charge in [-0.1, -0.05) is 6.08 Å². The molecule has 0 aliphatic heterocycles. The van der Waals surface area contributed by atoms with Gasteiger partial charge in [-0.25, -0.2) is 27.3 Å². The third-order valence-corrected chi connectivity index (χ3v) is 7.11. The first-order valence-corrected chi connectivity index (χ1v) is 14.0. The zero-order valence-electron chi connectivity index (χ0n) is 20.5. The Bertz CT molecular complexity index is 1510. The molecule has 3 rings (SSSR count). The van der Waals surface area contributed by atoms with E-state index in [9.17, 15) is 17.6 Å². The molecule has 1 aromatic heterocycles. The Labute approximate surface area is 236 Å². The lowest BCUT2D eigenvalue weighted by Crippen LogP contribution is -2.27. The molecule has 0 unspecified atom stereocenters. The highest BCUT2D eigenvalue weighted by atomic mass is 127. The van der Waals surface area contributed by atoms with Crippen LogP contribution in [0.5, 0.6) is 0 Å². The van der Waals surface area contributed by atoms with Gasteiger partial charge in [0.15, 0.2) is 23.3 Å². The predicted molar refractivity (Wildman–Crippen MR) is 149 cm³/mol. The monoisotopic (exact) mass is 677 g/mol. The fourth-order valence-corrected chi connectivity index (χ4v) is 4.40. The van der Waals surface area contributed by atoms with Gasteiger partial charge in [-0.3, -0.25) is 9.52 Å². The summed E-state index contributed by atoms with van der Waals surface area (Å²) in [6.07, 6.45) is 3.32. The first-order valence-electron chi connectivity index (χ1n) is 11.4. The van der Waals surface area contributed by atoms with E-state index in [4.69, 9.17) is 0 Å². The van der Waals surface area contributed by atoms with Crippen molar-refractivity contribution < 1.29 is 30.8 Å². The van der Waals surface area contributed by atoms with Crippen molar-refractivity contribution in [2.24, 2.45) is 0 Å². The minimum Gasteiger partial charge on any atom is -0.352 e. The molecule has 0 spiro atoms. The Balaban J connectivity index is 2.05. The van der Waals surface area contributed by atoms with Gasteiger partial charge in [-0.2, -0.15) is 8.42 Å². The van der Waals surface area contributed by atoms with Gasteiger partial charge >= 0.3 is 0 Å². The molecule has 1 amide bonds. The molecule has 14 heteroatoms. The van der Waals surface area contributed by atoms with E-state index in [0.29, 0.717) is 16.4 Å². The van der Waals surface area contributed by atoms with Crippen molar-refractivity contribution in [3.63, 3.8) is 0 Å². The van der Waals surface area contributed by atoms with Crippen LogP contribution in [0, 0.1) is 26.8 Å². The number of hydrogen-bond acceptors (Lipinski definition) is 5. The normalized spacial score (nSPS) is 11.2. The predicted octanol–water partition coefficient (Wildman–Crippen LogP) is 5.15. The van der Waals surface area contributed by atoms with Crippen LogP contribution in [-0.4, -0.2) is 32.9 Å². The number of pyridine rings is 1. The molecule has 39 heavy (non-hydrogen) atoms. The number of benzene rings is 2. The van der Waals surface area contributed by atoms with Crippen LogP contribution < -0.4 is 20.1 Å². The van der Waals surface area contributed by atoms with Crippen LogP contribution in [0.15, 0.2) is 49.2 Å². The van der Waals surface area contributed by atoms with Crippen molar-refractivity contribution in [1.29, 1.82) is 0 Å². The summed E-state index contributed by atoms with van der Waals surface area (Å²) in [6.45, 7) is 3.79. The second-order valence-electron chi connectivity index (χ2n) is 8.14. The number of unbranched alkanes of at least 4 members (excludes halogenated alkanes) is 1. The Morgan fingerprint density at radius 1 is 1.08 bits per heavy atom. The van der Waals surface area contributed by atoms with Crippen LogP contribution in [0.4, 0.5) is 34.8 Å². The zero-order valence-corrected chi connectivity index (χ0v) is 23.5. The highest BCUT2D eigenvalue weighted by molar-refractivity contribution is 14.1. The fraction of sp³-hybridized carbons (Fsp3) is 0.200. The summed E-state index contributed by atoms with van der Waals surface area (Å²) in [5.74, 6) is -6.18. The molecule has 0 aliphatic rings. The van der Waals surface area contributed by atoms with Gasteiger partial charge in [-0.15, -0.1) is 6.58 Å². The van der Waals surface area contributed by atoms with Crippen molar-refractivity contribution in [3.05, 3.63) is 92.7 Å². The summed E-state index contributed by atoms with van der Waals surface area (Å²) < 4.78 is 88.1. The summed E-state index contributed by atoms with van der Waals surface area (Å²) in [4.78, 5) is 16.6. The quantitative estimate of drug-likeness (QED) is 0.0918. The number of aromatic nitrogens is 1. The highest BCUT2D eigenvalue weighted by Crippen LogP contribution is 2.32. The van der Waals surface area contributed by atoms with Crippen LogP contribution in [0.3, 0.4) is 0 Å². The lowest BCUT2D eigenvalue weighted by Gasteiger charge is -2.17. The number of amides is 1. The molecular weight excluding hydrogens is 653 g/mol. The average molecular weight is 677 g/mol. The van der Waals surface area contributed by atoms with Crippen molar-refractivity contribution in [2.75, 3.05) is 23.6 Å². The van der Waals surface area contributed by atoms with E-state index in [2.05, 4.69) is 22.2 Å². The van der Waals surface area contributed by atoms with Crippen molar-refractivity contribution >= 4 is 55.9 Å². The number of nitrogens with zero attached hydrogens (tertiary/aromatic N) is 1. The summed E-state index contributed by atoms with van der Waals surface area (Å²) in [7, 11) is -3.01. The van der Waals surface area contributed by atoms with Gasteiger partial charge in [0.1, 0.15) is 5.82 Å². The second kappa shape index (κ2) is 13.2. The van der Waals surface area contributed by atoms with E-state index in [1.165, 1.54) is 18.2 Å². The maximum absolute atomic E-state index is 15.4. The lowest BCUT2D eigenvalue weighted by atomic mass is 9.99. The Morgan fingerprint density at radius 2 is 1.82 bits per heavy atom. The SMILES string of the molecule is C=CCCCNC(=O)c1cc(Cc2ccnc(NS(=O)(=O)NC)c2F)c(F)c(F)c1Nc1ccc(I)cc1F. The van der Waals surface area contributed by atoms with E-state index in [-0.39, 0.29) is 23.4 Å². The molecule has 0 aliphatic carbocycles. The molecule has 0 bridgehead atoms. The minimum atomic E-state index is -4.11. The maximum atomic E-state index is 15.4. The molecule has 2 aromatic carbocycles. The third-order valence-electron chi connectivity index (χ3n) is 5.44. The summed E-state index contributed by atoms with van der Waals surface area (Å²) in [6, 6.07) is 6.22. The summed E-state index contributed by atoms with van der Waals surface area (Å²) in [5, 5.41) is 5.06. The molecule has 8 nitrogen and oxygen atoms in total. The Hall–Kier alpha value is -3.24. The van der Waals surface area contributed by atoms with Crippen molar-refractivity contribution in [2.45, 2.75) is 19.3 Å². The van der Waals surface area contributed by atoms with Gasteiger partial charge < -0.3 is 10.6 Å². The number of allylic oxidation sites excluding steroid dienone is 1. The molecular formula is C25H24F4IN5O3S. The number of anilines is 3. The van der Waals surface area contributed by atoms with Gasteiger partial charge in [-0.05, 0) is 76.9 Å². The van der Waals surface area contributed by atoms with E-state index in [1.54, 1.807) is 6.08 Å². The van der Waals surface area contributed by atoms with Gasteiger partial charge in [0.25, 0.3) is 16.1 Å². The number of halogens is 5. The molecule has 208 valence electrons. The number of nitrogens with one attached hydrogen (secondary N) is 4. The molecule has 0 radical (unpaired) electrons. The summed E-state index contributed by atoms with van der Waals surface area (Å²) >= 11 is 1.88. The van der Waals surface area contributed by atoms with Gasteiger partial charge in [0, 0.05) is 29.8 Å². The Kier molecular flexibility index (Phi) is 10.3. The van der Waals surface area contributed by atoms with Crippen LogP contribution in [0.2, 0.25) is 0 Å².